The number of urea groups is 1. The Kier molecular flexibility index (Phi) is 5.80. The van der Waals surface area contributed by atoms with Crippen LogP contribution in [0.25, 0.3) is 10.8 Å². The van der Waals surface area contributed by atoms with Crippen molar-refractivity contribution in [2.45, 2.75) is 26.4 Å². The summed E-state index contributed by atoms with van der Waals surface area (Å²) in [6.45, 7) is 4.68. The quantitative estimate of drug-likeness (QED) is 0.390. The van der Waals surface area contributed by atoms with Crippen LogP contribution in [0.2, 0.25) is 0 Å². The molecule has 4 aromatic rings. The number of nitrogens with one attached hydrogen (secondary N) is 1. The highest BCUT2D eigenvalue weighted by atomic mass is 16.2. The fourth-order valence-corrected chi connectivity index (χ4v) is 3.71. The van der Waals surface area contributed by atoms with Gasteiger partial charge < -0.3 is 10.2 Å². The first-order chi connectivity index (χ1) is 14.6. The summed E-state index contributed by atoms with van der Waals surface area (Å²) in [4.78, 5) is 15.3. The molecule has 0 spiro atoms. The molecule has 0 heterocycles. The van der Waals surface area contributed by atoms with Crippen molar-refractivity contribution in [2.75, 3.05) is 5.32 Å². The van der Waals surface area contributed by atoms with Crippen LogP contribution in [-0.2, 0) is 6.54 Å². The molecule has 0 fully saturated rings. The summed E-state index contributed by atoms with van der Waals surface area (Å²) < 4.78 is 0. The largest absolute Gasteiger partial charge is 0.322 e. The Morgan fingerprint density at radius 2 is 1.50 bits per heavy atom. The van der Waals surface area contributed by atoms with Crippen molar-refractivity contribution in [2.24, 2.45) is 0 Å². The molecule has 0 aliphatic rings. The number of anilines is 1. The Bertz CT molecular complexity index is 1130. The average Bonchev–Trinajstić information content (AvgIpc) is 2.79. The minimum Gasteiger partial charge on any atom is -0.313 e. The maximum atomic E-state index is 13.5. The molecule has 0 radical (unpaired) electrons. The Labute approximate surface area is 178 Å². The minimum absolute atomic E-state index is 0.0671. The zero-order chi connectivity index (χ0) is 20.9. The fourth-order valence-electron chi connectivity index (χ4n) is 3.71. The number of amides is 2. The molecule has 150 valence electrons. The summed E-state index contributed by atoms with van der Waals surface area (Å²) in [6, 6.07) is 32.4. The van der Waals surface area contributed by atoms with Gasteiger partial charge in [-0.05, 0) is 36.4 Å². The summed E-state index contributed by atoms with van der Waals surface area (Å²) in [6.07, 6.45) is 0. The standard InChI is InChI=1S/C27H26N2O/c1-20-15-17-22(18-16-20)19-29(21(2)23-9-4-3-5-10-23)27(30)28-26-14-8-12-24-11-6-7-13-25(24)26/h3-18,21H,19H2,1-2H3,(H,28,30). The number of aryl methyl sites for hydroxylation is 1. The molecule has 2 amide bonds. The van der Waals surface area contributed by atoms with Crippen LogP contribution in [-0.4, -0.2) is 10.9 Å². The highest BCUT2D eigenvalue weighted by Crippen LogP contribution is 2.27. The second kappa shape index (κ2) is 8.83. The van der Waals surface area contributed by atoms with Crippen molar-refractivity contribution in [1.82, 2.24) is 4.90 Å². The predicted molar refractivity (Wildman–Crippen MR) is 125 cm³/mol. The SMILES string of the molecule is Cc1ccc(CN(C(=O)Nc2cccc3ccccc23)C(C)c2ccccc2)cc1. The van der Waals surface area contributed by atoms with E-state index in [0.29, 0.717) is 6.54 Å². The van der Waals surface area contributed by atoms with Gasteiger partial charge in [0.2, 0.25) is 0 Å². The van der Waals surface area contributed by atoms with E-state index in [4.69, 9.17) is 0 Å². The third-order valence-electron chi connectivity index (χ3n) is 5.52. The van der Waals surface area contributed by atoms with Crippen LogP contribution in [0.3, 0.4) is 0 Å². The van der Waals surface area contributed by atoms with E-state index < -0.39 is 0 Å². The van der Waals surface area contributed by atoms with Crippen LogP contribution in [0.4, 0.5) is 10.5 Å². The summed E-state index contributed by atoms with van der Waals surface area (Å²) in [7, 11) is 0. The lowest BCUT2D eigenvalue weighted by atomic mass is 10.1. The highest BCUT2D eigenvalue weighted by molar-refractivity contribution is 6.01. The lowest BCUT2D eigenvalue weighted by molar-refractivity contribution is 0.189. The first-order valence-electron chi connectivity index (χ1n) is 10.3. The van der Waals surface area contributed by atoms with Gasteiger partial charge in [0, 0.05) is 11.9 Å². The molecule has 0 aromatic heterocycles. The van der Waals surface area contributed by atoms with Crippen LogP contribution in [0, 0.1) is 6.92 Å². The Hall–Kier alpha value is -3.59. The van der Waals surface area contributed by atoms with E-state index in [2.05, 4.69) is 67.7 Å². The second-order valence-corrected chi connectivity index (χ2v) is 7.66. The van der Waals surface area contributed by atoms with Gasteiger partial charge in [0.1, 0.15) is 0 Å². The maximum Gasteiger partial charge on any atom is 0.322 e. The summed E-state index contributed by atoms with van der Waals surface area (Å²) >= 11 is 0. The third kappa shape index (κ3) is 4.36. The maximum absolute atomic E-state index is 13.5. The Morgan fingerprint density at radius 3 is 2.27 bits per heavy atom. The van der Waals surface area contributed by atoms with Gasteiger partial charge >= 0.3 is 6.03 Å². The van der Waals surface area contributed by atoms with E-state index in [1.165, 1.54) is 5.56 Å². The number of rotatable bonds is 5. The average molecular weight is 395 g/mol. The van der Waals surface area contributed by atoms with Gasteiger partial charge in [-0.25, -0.2) is 4.79 Å². The monoisotopic (exact) mass is 394 g/mol. The highest BCUT2D eigenvalue weighted by Gasteiger charge is 2.22. The van der Waals surface area contributed by atoms with E-state index in [1.807, 2.05) is 53.4 Å². The number of hydrogen-bond donors (Lipinski definition) is 1. The van der Waals surface area contributed by atoms with E-state index in [9.17, 15) is 4.79 Å². The molecule has 1 unspecified atom stereocenters. The molecule has 1 N–H and O–H groups in total. The van der Waals surface area contributed by atoms with Crippen molar-refractivity contribution >= 4 is 22.5 Å². The molecule has 0 aliphatic heterocycles. The van der Waals surface area contributed by atoms with E-state index in [-0.39, 0.29) is 12.1 Å². The number of fused-ring (bicyclic) bond motifs is 1. The van der Waals surface area contributed by atoms with Crippen molar-refractivity contribution in [1.29, 1.82) is 0 Å². The lowest BCUT2D eigenvalue weighted by Gasteiger charge is -2.30. The van der Waals surface area contributed by atoms with Crippen molar-refractivity contribution in [3.8, 4) is 0 Å². The van der Waals surface area contributed by atoms with E-state index in [0.717, 1.165) is 27.6 Å². The molecule has 0 aliphatic carbocycles. The van der Waals surface area contributed by atoms with Crippen LogP contribution in [0.5, 0.6) is 0 Å². The summed E-state index contributed by atoms with van der Waals surface area (Å²) in [5, 5.41) is 5.30. The third-order valence-corrected chi connectivity index (χ3v) is 5.52. The van der Waals surface area contributed by atoms with Crippen molar-refractivity contribution in [3.63, 3.8) is 0 Å². The van der Waals surface area contributed by atoms with Gasteiger partial charge in [-0.3, -0.25) is 0 Å². The van der Waals surface area contributed by atoms with Crippen LogP contribution >= 0.6 is 0 Å². The number of nitrogens with zero attached hydrogens (tertiary/aromatic N) is 1. The second-order valence-electron chi connectivity index (χ2n) is 7.66. The van der Waals surface area contributed by atoms with E-state index in [1.54, 1.807) is 0 Å². The molecule has 0 saturated heterocycles. The molecular formula is C27H26N2O. The molecule has 4 rings (SSSR count). The zero-order valence-electron chi connectivity index (χ0n) is 17.4. The lowest BCUT2D eigenvalue weighted by Crippen LogP contribution is -2.36. The Balaban J connectivity index is 1.65. The number of benzene rings is 4. The van der Waals surface area contributed by atoms with Crippen molar-refractivity contribution < 1.29 is 4.79 Å². The first kappa shape index (κ1) is 19.7. The normalized spacial score (nSPS) is 11.8. The molecule has 0 bridgehead atoms. The van der Waals surface area contributed by atoms with Crippen LogP contribution < -0.4 is 5.32 Å². The van der Waals surface area contributed by atoms with Gasteiger partial charge in [-0.2, -0.15) is 0 Å². The topological polar surface area (TPSA) is 32.3 Å². The Morgan fingerprint density at radius 1 is 0.833 bits per heavy atom. The molecule has 0 saturated carbocycles. The van der Waals surface area contributed by atoms with E-state index >= 15 is 0 Å². The van der Waals surface area contributed by atoms with Crippen LogP contribution in [0.1, 0.15) is 29.7 Å². The molecule has 4 aromatic carbocycles. The number of carbonyl (C=O) groups is 1. The van der Waals surface area contributed by atoms with Crippen molar-refractivity contribution in [3.05, 3.63) is 114 Å². The van der Waals surface area contributed by atoms with Gasteiger partial charge in [0.15, 0.2) is 0 Å². The van der Waals surface area contributed by atoms with Crippen LogP contribution in [0.15, 0.2) is 97.1 Å². The van der Waals surface area contributed by atoms with Gasteiger partial charge in [-0.1, -0.05) is 96.6 Å². The predicted octanol–water partition coefficient (Wildman–Crippen LogP) is 6.94. The molecule has 3 heteroatoms. The van der Waals surface area contributed by atoms with Gasteiger partial charge in [-0.15, -0.1) is 0 Å². The zero-order valence-corrected chi connectivity index (χ0v) is 17.4. The molecule has 1 atom stereocenters. The molecule has 3 nitrogen and oxygen atoms in total. The smallest absolute Gasteiger partial charge is 0.313 e. The molecular weight excluding hydrogens is 368 g/mol. The fraction of sp³-hybridized carbons (Fsp3) is 0.148. The van der Waals surface area contributed by atoms with Gasteiger partial charge in [0.25, 0.3) is 0 Å². The van der Waals surface area contributed by atoms with Gasteiger partial charge in [0.05, 0.1) is 11.7 Å². The summed E-state index contributed by atoms with van der Waals surface area (Å²) in [5.41, 5.74) is 4.25. The summed E-state index contributed by atoms with van der Waals surface area (Å²) in [5.74, 6) is 0. The first-order valence-corrected chi connectivity index (χ1v) is 10.3. The molecule has 30 heavy (non-hydrogen) atoms. The minimum atomic E-state index is -0.108. The number of carbonyl (C=O) groups excluding carboxylic acids is 1. The number of hydrogen-bond acceptors (Lipinski definition) is 1.